The molecule has 0 atom stereocenters. The standard InChI is InChI=1S/C20H20ClN5OS2/c1-28-26-10-8-25(9-11-26)14-6-7-17(22-12-14)19(27)24-20-23-18(13-29-20)15-4-2-3-5-16(15)21/h2-7,12-13H,8-11H2,1H3,(H,23,24,27). The largest absolute Gasteiger partial charge is 0.368 e. The van der Waals surface area contributed by atoms with E-state index in [0.717, 1.165) is 43.1 Å². The summed E-state index contributed by atoms with van der Waals surface area (Å²) in [4.78, 5) is 23.7. The van der Waals surface area contributed by atoms with Crippen LogP contribution in [-0.4, -0.2) is 52.6 Å². The van der Waals surface area contributed by atoms with Crippen molar-refractivity contribution in [2.24, 2.45) is 0 Å². The van der Waals surface area contributed by atoms with Crippen molar-refractivity contribution in [1.82, 2.24) is 14.3 Å². The number of halogens is 1. The monoisotopic (exact) mass is 445 g/mol. The van der Waals surface area contributed by atoms with E-state index in [-0.39, 0.29) is 5.91 Å². The molecule has 1 saturated heterocycles. The lowest BCUT2D eigenvalue weighted by Gasteiger charge is -2.34. The van der Waals surface area contributed by atoms with Gasteiger partial charge in [-0.1, -0.05) is 41.7 Å². The summed E-state index contributed by atoms with van der Waals surface area (Å²) < 4.78 is 2.34. The molecule has 2 aromatic heterocycles. The Labute approximate surface area is 183 Å². The molecule has 1 N–H and O–H groups in total. The highest BCUT2D eigenvalue weighted by atomic mass is 35.5. The number of carbonyl (C=O) groups is 1. The van der Waals surface area contributed by atoms with Gasteiger partial charge in [0.15, 0.2) is 5.13 Å². The first-order chi connectivity index (χ1) is 14.1. The first-order valence-electron chi connectivity index (χ1n) is 9.16. The Bertz CT molecular complexity index is 987. The van der Waals surface area contributed by atoms with Crippen molar-refractivity contribution in [3.63, 3.8) is 0 Å². The molecule has 3 heterocycles. The second-order valence-electron chi connectivity index (χ2n) is 6.47. The van der Waals surface area contributed by atoms with E-state index in [4.69, 9.17) is 11.6 Å². The van der Waals surface area contributed by atoms with Crippen LogP contribution in [0.15, 0.2) is 48.0 Å². The molecular formula is C20H20ClN5OS2. The number of anilines is 2. The Hall–Kier alpha value is -2.13. The highest BCUT2D eigenvalue weighted by Gasteiger charge is 2.18. The average molecular weight is 446 g/mol. The summed E-state index contributed by atoms with van der Waals surface area (Å²) in [5.74, 6) is -0.274. The van der Waals surface area contributed by atoms with Gasteiger partial charge < -0.3 is 4.90 Å². The fourth-order valence-corrected chi connectivity index (χ4v) is 4.59. The number of nitrogens with zero attached hydrogens (tertiary/aromatic N) is 4. The summed E-state index contributed by atoms with van der Waals surface area (Å²) in [7, 11) is 0. The quantitative estimate of drug-likeness (QED) is 0.583. The molecule has 6 nitrogen and oxygen atoms in total. The number of rotatable bonds is 5. The molecule has 1 aliphatic heterocycles. The Kier molecular flexibility index (Phi) is 6.34. The van der Waals surface area contributed by atoms with Crippen LogP contribution in [0.25, 0.3) is 11.3 Å². The molecule has 0 spiro atoms. The summed E-state index contributed by atoms with van der Waals surface area (Å²) in [5.41, 5.74) is 2.99. The van der Waals surface area contributed by atoms with Crippen LogP contribution in [0.4, 0.5) is 10.8 Å². The van der Waals surface area contributed by atoms with Crippen molar-refractivity contribution in [2.45, 2.75) is 0 Å². The molecule has 4 rings (SSSR count). The van der Waals surface area contributed by atoms with Crippen molar-refractivity contribution < 1.29 is 4.79 Å². The van der Waals surface area contributed by atoms with E-state index in [1.165, 1.54) is 11.3 Å². The van der Waals surface area contributed by atoms with E-state index in [0.29, 0.717) is 15.8 Å². The highest BCUT2D eigenvalue weighted by Crippen LogP contribution is 2.30. The fourth-order valence-electron chi connectivity index (χ4n) is 3.12. The SMILES string of the molecule is CSN1CCN(c2ccc(C(=O)Nc3nc(-c4ccccc4Cl)cs3)nc2)CC1. The molecule has 29 heavy (non-hydrogen) atoms. The molecule has 1 aromatic carbocycles. The zero-order chi connectivity index (χ0) is 20.2. The van der Waals surface area contributed by atoms with Gasteiger partial charge in [0.25, 0.3) is 5.91 Å². The van der Waals surface area contributed by atoms with Gasteiger partial charge in [-0.15, -0.1) is 11.3 Å². The molecule has 150 valence electrons. The summed E-state index contributed by atoms with van der Waals surface area (Å²) in [6, 6.07) is 11.2. The van der Waals surface area contributed by atoms with E-state index in [9.17, 15) is 4.79 Å². The van der Waals surface area contributed by atoms with Gasteiger partial charge in [-0.05, 0) is 24.5 Å². The maximum absolute atomic E-state index is 12.5. The first kappa shape index (κ1) is 20.2. The van der Waals surface area contributed by atoms with E-state index in [2.05, 4.69) is 30.7 Å². The lowest BCUT2D eigenvalue weighted by atomic mass is 10.2. The predicted octanol–water partition coefficient (Wildman–Crippen LogP) is 4.51. The number of amides is 1. The Morgan fingerprint density at radius 2 is 1.97 bits per heavy atom. The van der Waals surface area contributed by atoms with Gasteiger partial charge in [0.05, 0.1) is 17.6 Å². The van der Waals surface area contributed by atoms with Gasteiger partial charge >= 0.3 is 0 Å². The zero-order valence-electron chi connectivity index (χ0n) is 15.8. The zero-order valence-corrected chi connectivity index (χ0v) is 18.2. The smallest absolute Gasteiger partial charge is 0.276 e. The van der Waals surface area contributed by atoms with Gasteiger partial charge in [-0.2, -0.15) is 0 Å². The minimum atomic E-state index is -0.274. The van der Waals surface area contributed by atoms with Crippen molar-refractivity contribution >= 4 is 51.6 Å². The van der Waals surface area contributed by atoms with Crippen LogP contribution in [-0.2, 0) is 0 Å². The van der Waals surface area contributed by atoms with Gasteiger partial charge in [0, 0.05) is 42.1 Å². The molecular weight excluding hydrogens is 426 g/mol. The molecule has 3 aromatic rings. The highest BCUT2D eigenvalue weighted by molar-refractivity contribution is 7.96. The normalized spacial score (nSPS) is 14.8. The first-order valence-corrected chi connectivity index (χ1v) is 11.6. The number of hydrogen-bond donors (Lipinski definition) is 1. The van der Waals surface area contributed by atoms with Crippen LogP contribution in [0.5, 0.6) is 0 Å². The number of piperazine rings is 1. The third-order valence-corrected chi connectivity index (χ3v) is 6.69. The molecule has 0 aliphatic carbocycles. The van der Waals surface area contributed by atoms with Gasteiger partial charge in [-0.25, -0.2) is 14.3 Å². The third-order valence-electron chi connectivity index (χ3n) is 4.72. The molecule has 0 radical (unpaired) electrons. The number of nitrogens with one attached hydrogen (secondary N) is 1. The topological polar surface area (TPSA) is 61.4 Å². The molecule has 9 heteroatoms. The lowest BCUT2D eigenvalue weighted by Crippen LogP contribution is -2.43. The number of thiazole rings is 1. The van der Waals surface area contributed by atoms with Crippen LogP contribution in [0.3, 0.4) is 0 Å². The van der Waals surface area contributed by atoms with E-state index in [1.54, 1.807) is 24.2 Å². The molecule has 0 unspecified atom stereocenters. The minimum absolute atomic E-state index is 0.274. The van der Waals surface area contributed by atoms with Gasteiger partial charge in [0.2, 0.25) is 0 Å². The minimum Gasteiger partial charge on any atom is -0.368 e. The van der Waals surface area contributed by atoms with Crippen LogP contribution in [0.1, 0.15) is 10.5 Å². The van der Waals surface area contributed by atoms with Crippen molar-refractivity contribution in [3.05, 3.63) is 58.7 Å². The number of benzene rings is 1. The van der Waals surface area contributed by atoms with E-state index < -0.39 is 0 Å². The third kappa shape index (κ3) is 4.72. The van der Waals surface area contributed by atoms with Crippen LogP contribution in [0.2, 0.25) is 5.02 Å². The number of aromatic nitrogens is 2. The number of hydrogen-bond acceptors (Lipinski definition) is 7. The number of carbonyl (C=O) groups excluding carboxylic acids is 1. The maximum Gasteiger partial charge on any atom is 0.276 e. The maximum atomic E-state index is 12.5. The van der Waals surface area contributed by atoms with Crippen molar-refractivity contribution in [1.29, 1.82) is 0 Å². The van der Waals surface area contributed by atoms with Crippen molar-refractivity contribution in [3.8, 4) is 11.3 Å². The summed E-state index contributed by atoms with van der Waals surface area (Å²) in [6.07, 6.45) is 3.87. The van der Waals surface area contributed by atoms with E-state index >= 15 is 0 Å². The van der Waals surface area contributed by atoms with Gasteiger partial charge in [0.1, 0.15) is 5.69 Å². The average Bonchev–Trinajstić information content (AvgIpc) is 3.22. The Morgan fingerprint density at radius 1 is 1.17 bits per heavy atom. The van der Waals surface area contributed by atoms with Gasteiger partial charge in [-0.3, -0.25) is 10.1 Å². The fraction of sp³-hybridized carbons (Fsp3) is 0.250. The van der Waals surface area contributed by atoms with Crippen LogP contribution < -0.4 is 10.2 Å². The second-order valence-corrected chi connectivity index (χ2v) is 8.62. The summed E-state index contributed by atoms with van der Waals surface area (Å²) in [5, 5.41) is 5.85. The Morgan fingerprint density at radius 3 is 2.66 bits per heavy atom. The number of pyridine rings is 1. The molecule has 1 aliphatic rings. The molecule has 0 bridgehead atoms. The summed E-state index contributed by atoms with van der Waals surface area (Å²) >= 11 is 9.36. The van der Waals surface area contributed by atoms with Crippen molar-refractivity contribution in [2.75, 3.05) is 42.7 Å². The van der Waals surface area contributed by atoms with Crippen LogP contribution >= 0.6 is 34.9 Å². The second kappa shape index (κ2) is 9.13. The molecule has 1 fully saturated rings. The predicted molar refractivity (Wildman–Crippen MR) is 122 cm³/mol. The van der Waals surface area contributed by atoms with Crippen LogP contribution in [0, 0.1) is 0 Å². The van der Waals surface area contributed by atoms with E-state index in [1.807, 2.05) is 35.7 Å². The lowest BCUT2D eigenvalue weighted by molar-refractivity contribution is 0.102. The summed E-state index contributed by atoms with van der Waals surface area (Å²) in [6.45, 7) is 3.94. The molecule has 1 amide bonds. The molecule has 0 saturated carbocycles. The Balaban J connectivity index is 1.40.